The van der Waals surface area contributed by atoms with Crippen molar-refractivity contribution >= 4 is 11.9 Å². The molecule has 0 aliphatic carbocycles. The van der Waals surface area contributed by atoms with Crippen molar-refractivity contribution in [3.63, 3.8) is 0 Å². The number of hydrogen-bond donors (Lipinski definition) is 1. The number of hydrogen-bond acceptors (Lipinski definition) is 3. The molecule has 0 aromatic heterocycles. The third-order valence-corrected chi connectivity index (χ3v) is 4.35. The number of esters is 1. The first-order valence-corrected chi connectivity index (χ1v) is 8.63. The van der Waals surface area contributed by atoms with Crippen LogP contribution in [-0.4, -0.2) is 17.9 Å². The maximum absolute atomic E-state index is 12.6. The number of amides is 1. The van der Waals surface area contributed by atoms with Gasteiger partial charge in [-0.25, -0.2) is 0 Å². The zero-order valence-corrected chi connectivity index (χ0v) is 15.8. The van der Waals surface area contributed by atoms with Crippen LogP contribution in [0.25, 0.3) is 0 Å². The Kier molecular flexibility index (Phi) is 7.00. The molecule has 0 fully saturated rings. The molecule has 0 saturated carbocycles. The van der Waals surface area contributed by atoms with E-state index >= 15 is 0 Å². The van der Waals surface area contributed by atoms with Crippen molar-refractivity contribution in [3.8, 4) is 0 Å². The molecular weight excluding hydrogens is 302 g/mol. The van der Waals surface area contributed by atoms with Crippen LogP contribution in [0.15, 0.2) is 30.3 Å². The van der Waals surface area contributed by atoms with Crippen molar-refractivity contribution < 1.29 is 14.3 Å². The van der Waals surface area contributed by atoms with Crippen LogP contribution in [0.5, 0.6) is 0 Å². The number of carbonyl (C=O) groups is 2. The maximum Gasteiger partial charge on any atom is 0.312 e. The topological polar surface area (TPSA) is 55.4 Å². The molecule has 1 amide bonds. The molecule has 0 saturated heterocycles. The first kappa shape index (κ1) is 20.2. The summed E-state index contributed by atoms with van der Waals surface area (Å²) in [6.07, 6.45) is 1.07. The van der Waals surface area contributed by atoms with E-state index in [1.54, 1.807) is 0 Å². The molecular formula is C20H31NO3. The maximum atomic E-state index is 12.6. The highest BCUT2D eigenvalue weighted by molar-refractivity contribution is 5.84. The van der Waals surface area contributed by atoms with Gasteiger partial charge in [-0.15, -0.1) is 0 Å². The quantitative estimate of drug-likeness (QED) is 0.729. The highest BCUT2D eigenvalue weighted by atomic mass is 16.5. The van der Waals surface area contributed by atoms with E-state index in [4.69, 9.17) is 4.74 Å². The summed E-state index contributed by atoms with van der Waals surface area (Å²) in [4.78, 5) is 25.0. The van der Waals surface area contributed by atoms with Gasteiger partial charge >= 0.3 is 5.97 Å². The molecule has 0 aliphatic heterocycles. The van der Waals surface area contributed by atoms with Gasteiger partial charge in [0.25, 0.3) is 0 Å². The first-order valence-electron chi connectivity index (χ1n) is 8.63. The van der Waals surface area contributed by atoms with Crippen molar-refractivity contribution in [1.29, 1.82) is 0 Å². The van der Waals surface area contributed by atoms with E-state index in [0.29, 0.717) is 12.8 Å². The summed E-state index contributed by atoms with van der Waals surface area (Å²) >= 11 is 0. The van der Waals surface area contributed by atoms with Crippen molar-refractivity contribution in [3.05, 3.63) is 35.9 Å². The summed E-state index contributed by atoms with van der Waals surface area (Å²) in [6.45, 7) is 11.7. The average Bonchev–Trinajstić information content (AvgIpc) is 2.52. The molecule has 4 heteroatoms. The van der Waals surface area contributed by atoms with Crippen molar-refractivity contribution in [2.45, 2.75) is 67.0 Å². The van der Waals surface area contributed by atoms with Crippen molar-refractivity contribution in [1.82, 2.24) is 5.32 Å². The minimum atomic E-state index is -0.688. The standard InChI is InChI=1S/C20H31NO3/c1-7-20(6,14-19(4,5)17(22)21-15(2)3)18(23)24-13-16-11-9-8-10-12-16/h8-12,15H,7,13-14H2,1-6H3,(H,21,22). The summed E-state index contributed by atoms with van der Waals surface area (Å²) in [5, 5.41) is 2.94. The fourth-order valence-corrected chi connectivity index (χ4v) is 2.75. The van der Waals surface area contributed by atoms with Gasteiger partial charge in [-0.1, -0.05) is 51.1 Å². The molecule has 1 unspecified atom stereocenters. The molecule has 0 bridgehead atoms. The smallest absolute Gasteiger partial charge is 0.312 e. The van der Waals surface area contributed by atoms with Crippen LogP contribution >= 0.6 is 0 Å². The van der Waals surface area contributed by atoms with Gasteiger partial charge in [-0.2, -0.15) is 0 Å². The van der Waals surface area contributed by atoms with E-state index in [1.807, 2.05) is 71.9 Å². The molecule has 1 rings (SSSR count). The Bertz CT molecular complexity index is 551. The Morgan fingerprint density at radius 1 is 1.12 bits per heavy atom. The monoisotopic (exact) mass is 333 g/mol. The molecule has 0 radical (unpaired) electrons. The molecule has 1 aromatic rings. The van der Waals surface area contributed by atoms with Gasteiger partial charge in [0.05, 0.1) is 5.41 Å². The Morgan fingerprint density at radius 2 is 1.71 bits per heavy atom. The van der Waals surface area contributed by atoms with E-state index in [0.717, 1.165) is 5.56 Å². The Balaban J connectivity index is 2.76. The predicted octanol–water partition coefficient (Wildman–Crippen LogP) is 4.09. The third kappa shape index (κ3) is 5.66. The summed E-state index contributed by atoms with van der Waals surface area (Å²) in [6, 6.07) is 9.70. The molecule has 0 heterocycles. The molecule has 0 spiro atoms. The fourth-order valence-electron chi connectivity index (χ4n) is 2.75. The number of carbonyl (C=O) groups excluding carboxylic acids is 2. The largest absolute Gasteiger partial charge is 0.460 e. The number of benzene rings is 1. The summed E-state index contributed by atoms with van der Waals surface area (Å²) in [5.41, 5.74) is -0.367. The zero-order chi connectivity index (χ0) is 18.4. The number of rotatable bonds is 8. The van der Waals surface area contributed by atoms with Crippen LogP contribution in [0.4, 0.5) is 0 Å². The Labute approximate surface area is 146 Å². The predicted molar refractivity (Wildman–Crippen MR) is 96.3 cm³/mol. The molecule has 0 aliphatic rings. The molecule has 4 nitrogen and oxygen atoms in total. The van der Waals surface area contributed by atoms with Crippen LogP contribution in [0, 0.1) is 10.8 Å². The van der Waals surface area contributed by atoms with Gasteiger partial charge in [-0.05, 0) is 39.2 Å². The highest BCUT2D eigenvalue weighted by Gasteiger charge is 2.42. The van der Waals surface area contributed by atoms with Crippen LogP contribution in [0.1, 0.15) is 59.9 Å². The highest BCUT2D eigenvalue weighted by Crippen LogP contribution is 2.38. The van der Waals surface area contributed by atoms with Crippen LogP contribution < -0.4 is 5.32 Å². The summed E-state index contributed by atoms with van der Waals surface area (Å²) in [5.74, 6) is -0.285. The number of nitrogens with one attached hydrogen (secondary N) is 1. The van der Waals surface area contributed by atoms with Gasteiger partial charge in [-0.3, -0.25) is 9.59 Å². The van der Waals surface area contributed by atoms with E-state index < -0.39 is 10.8 Å². The summed E-state index contributed by atoms with van der Waals surface area (Å²) in [7, 11) is 0. The average molecular weight is 333 g/mol. The van der Waals surface area contributed by atoms with E-state index in [2.05, 4.69) is 5.32 Å². The number of ether oxygens (including phenoxy) is 1. The zero-order valence-electron chi connectivity index (χ0n) is 15.8. The van der Waals surface area contributed by atoms with Gasteiger partial charge in [0.15, 0.2) is 0 Å². The lowest BCUT2D eigenvalue weighted by Gasteiger charge is -2.34. The second-order valence-corrected chi connectivity index (χ2v) is 7.66. The SMILES string of the molecule is CCC(C)(CC(C)(C)C(=O)NC(C)C)C(=O)OCc1ccccc1. The normalized spacial score (nSPS) is 14.1. The van der Waals surface area contributed by atoms with Gasteiger partial charge < -0.3 is 10.1 Å². The van der Waals surface area contributed by atoms with Crippen molar-refractivity contribution in [2.75, 3.05) is 0 Å². The van der Waals surface area contributed by atoms with Gasteiger partial charge in [0.2, 0.25) is 5.91 Å². The molecule has 1 aromatic carbocycles. The molecule has 24 heavy (non-hydrogen) atoms. The first-order chi connectivity index (χ1) is 11.1. The second kappa shape index (κ2) is 8.32. The minimum absolute atomic E-state index is 0.0342. The van der Waals surface area contributed by atoms with E-state index in [-0.39, 0.29) is 24.5 Å². The fraction of sp³-hybridized carbons (Fsp3) is 0.600. The Hall–Kier alpha value is -1.84. The third-order valence-electron chi connectivity index (χ3n) is 4.35. The lowest BCUT2D eigenvalue weighted by atomic mass is 9.72. The summed E-state index contributed by atoms with van der Waals surface area (Å²) < 4.78 is 5.52. The van der Waals surface area contributed by atoms with E-state index in [9.17, 15) is 9.59 Å². The van der Waals surface area contributed by atoms with Gasteiger partial charge in [0, 0.05) is 11.5 Å². The van der Waals surface area contributed by atoms with E-state index in [1.165, 1.54) is 0 Å². The Morgan fingerprint density at radius 3 is 2.21 bits per heavy atom. The van der Waals surface area contributed by atoms with Crippen LogP contribution in [0.2, 0.25) is 0 Å². The molecule has 1 atom stereocenters. The second-order valence-electron chi connectivity index (χ2n) is 7.66. The minimum Gasteiger partial charge on any atom is -0.460 e. The molecule has 1 N–H and O–H groups in total. The van der Waals surface area contributed by atoms with Crippen LogP contribution in [0.3, 0.4) is 0 Å². The lowest BCUT2D eigenvalue weighted by molar-refractivity contribution is -0.159. The van der Waals surface area contributed by atoms with Crippen molar-refractivity contribution in [2.24, 2.45) is 10.8 Å². The van der Waals surface area contributed by atoms with Crippen LogP contribution in [-0.2, 0) is 20.9 Å². The molecule has 134 valence electrons. The lowest BCUT2D eigenvalue weighted by Crippen LogP contribution is -2.45. The van der Waals surface area contributed by atoms with Gasteiger partial charge in [0.1, 0.15) is 6.61 Å².